The number of hydrogen-bond acceptors (Lipinski definition) is 2. The van der Waals surface area contributed by atoms with Crippen molar-refractivity contribution in [3.05, 3.63) is 77.3 Å². The smallest absolute Gasteiger partial charge is 0.207 e. The Labute approximate surface area is 127 Å². The number of para-hydroxylation sites is 1. The molecule has 0 saturated heterocycles. The summed E-state index contributed by atoms with van der Waals surface area (Å²) in [5, 5.41) is 3.37. The molecule has 3 rings (SSSR count). The Kier molecular flexibility index (Phi) is 3.88. The summed E-state index contributed by atoms with van der Waals surface area (Å²) in [7, 11) is 0. The number of hydrogen-bond donors (Lipinski definition) is 1. The normalized spacial score (nSPS) is 10.6. The van der Waals surface area contributed by atoms with Crippen LogP contribution in [0.15, 0.2) is 60.9 Å². The summed E-state index contributed by atoms with van der Waals surface area (Å²) in [6.07, 6.45) is 3.58. The lowest BCUT2D eigenvalue weighted by atomic mass is 10.2. The highest BCUT2D eigenvalue weighted by Gasteiger charge is 2.06. The van der Waals surface area contributed by atoms with Gasteiger partial charge in [-0.15, -0.1) is 0 Å². The lowest BCUT2D eigenvalue weighted by Crippen LogP contribution is -2.04. The van der Waals surface area contributed by atoms with Crippen LogP contribution in [0.4, 0.5) is 16.0 Å². The van der Waals surface area contributed by atoms with Crippen LogP contribution in [-0.4, -0.2) is 9.55 Å². The minimum atomic E-state index is -0.409. The third-order valence-corrected chi connectivity index (χ3v) is 3.37. The van der Waals surface area contributed by atoms with Gasteiger partial charge in [0.05, 0.1) is 11.6 Å². The summed E-state index contributed by atoms with van der Waals surface area (Å²) < 4.78 is 15.1. The quantitative estimate of drug-likeness (QED) is 0.770. The number of nitrogens with one attached hydrogen (secondary N) is 1. The van der Waals surface area contributed by atoms with Crippen molar-refractivity contribution >= 4 is 23.2 Å². The molecule has 106 valence electrons. The van der Waals surface area contributed by atoms with E-state index in [2.05, 4.69) is 10.3 Å². The van der Waals surface area contributed by atoms with Crippen molar-refractivity contribution in [1.29, 1.82) is 0 Å². The van der Waals surface area contributed by atoms with Gasteiger partial charge in [-0.2, -0.15) is 0 Å². The van der Waals surface area contributed by atoms with Crippen LogP contribution in [-0.2, 0) is 6.54 Å². The Morgan fingerprint density at radius 1 is 1.14 bits per heavy atom. The number of imidazole rings is 1. The number of halogens is 2. The van der Waals surface area contributed by atoms with Gasteiger partial charge in [0.15, 0.2) is 0 Å². The molecule has 1 heterocycles. The predicted octanol–water partition coefficient (Wildman–Crippen LogP) is 4.47. The predicted molar refractivity (Wildman–Crippen MR) is 82.5 cm³/mol. The van der Waals surface area contributed by atoms with Gasteiger partial charge in [0.1, 0.15) is 5.82 Å². The van der Waals surface area contributed by atoms with Crippen LogP contribution in [0, 0.1) is 5.82 Å². The van der Waals surface area contributed by atoms with E-state index in [0.717, 1.165) is 17.2 Å². The van der Waals surface area contributed by atoms with E-state index < -0.39 is 5.82 Å². The molecule has 5 heteroatoms. The Bertz CT molecular complexity index is 740. The van der Waals surface area contributed by atoms with E-state index in [4.69, 9.17) is 11.6 Å². The molecule has 0 amide bonds. The molecule has 3 nitrogen and oxygen atoms in total. The second-order valence-electron chi connectivity index (χ2n) is 4.62. The lowest BCUT2D eigenvalue weighted by molar-refractivity contribution is 0.627. The van der Waals surface area contributed by atoms with Crippen LogP contribution in [0.3, 0.4) is 0 Å². The monoisotopic (exact) mass is 301 g/mol. The van der Waals surface area contributed by atoms with Crippen molar-refractivity contribution in [1.82, 2.24) is 9.55 Å². The first-order chi connectivity index (χ1) is 10.2. The molecule has 0 fully saturated rings. The molecule has 21 heavy (non-hydrogen) atoms. The first-order valence-electron chi connectivity index (χ1n) is 6.49. The molecular formula is C16H13ClFN3. The molecule has 0 unspecified atom stereocenters. The van der Waals surface area contributed by atoms with E-state index in [1.165, 1.54) is 6.07 Å². The molecule has 0 radical (unpaired) electrons. The fourth-order valence-electron chi connectivity index (χ4n) is 2.05. The second-order valence-corrected chi connectivity index (χ2v) is 5.03. The number of nitrogens with zero attached hydrogens (tertiary/aromatic N) is 2. The third-order valence-electron chi connectivity index (χ3n) is 3.08. The SMILES string of the molecule is Fc1ccc(Cn2ccnc2Nc2ccccc2)cc1Cl. The van der Waals surface area contributed by atoms with Gasteiger partial charge in [0.2, 0.25) is 5.95 Å². The Morgan fingerprint density at radius 3 is 2.71 bits per heavy atom. The maximum Gasteiger partial charge on any atom is 0.207 e. The minimum absolute atomic E-state index is 0.130. The van der Waals surface area contributed by atoms with E-state index >= 15 is 0 Å². The molecule has 0 atom stereocenters. The summed E-state index contributed by atoms with van der Waals surface area (Å²) in [6.45, 7) is 0.565. The fraction of sp³-hybridized carbons (Fsp3) is 0.0625. The molecule has 0 aliphatic carbocycles. The molecule has 0 aliphatic heterocycles. The van der Waals surface area contributed by atoms with Gasteiger partial charge < -0.3 is 9.88 Å². The Morgan fingerprint density at radius 2 is 1.95 bits per heavy atom. The third kappa shape index (κ3) is 3.23. The van der Waals surface area contributed by atoms with Gasteiger partial charge >= 0.3 is 0 Å². The summed E-state index contributed by atoms with van der Waals surface area (Å²) >= 11 is 5.81. The standard InChI is InChI=1S/C16H13ClFN3/c17-14-10-12(6-7-15(14)18)11-21-9-8-19-16(21)20-13-4-2-1-3-5-13/h1-10H,11H2,(H,19,20). The second kappa shape index (κ2) is 5.97. The van der Waals surface area contributed by atoms with E-state index in [1.807, 2.05) is 41.1 Å². The zero-order valence-electron chi connectivity index (χ0n) is 11.1. The Hall–Kier alpha value is -2.33. The van der Waals surface area contributed by atoms with Gasteiger partial charge in [-0.05, 0) is 29.8 Å². The molecule has 1 aromatic heterocycles. The first kappa shape index (κ1) is 13.6. The molecule has 0 spiro atoms. The average Bonchev–Trinajstić information content (AvgIpc) is 2.91. The summed E-state index contributed by atoms with van der Waals surface area (Å²) in [4.78, 5) is 4.29. The number of rotatable bonds is 4. The topological polar surface area (TPSA) is 29.9 Å². The highest BCUT2D eigenvalue weighted by Crippen LogP contribution is 2.19. The van der Waals surface area contributed by atoms with Gasteiger partial charge in [0, 0.05) is 18.1 Å². The van der Waals surface area contributed by atoms with Gasteiger partial charge in [-0.1, -0.05) is 35.9 Å². The number of aromatic nitrogens is 2. The van der Waals surface area contributed by atoms with Crippen molar-refractivity contribution in [3.8, 4) is 0 Å². The summed E-state index contributed by atoms with van der Waals surface area (Å²) in [5.74, 6) is 0.315. The maximum absolute atomic E-state index is 13.2. The van der Waals surface area contributed by atoms with Crippen LogP contribution in [0.2, 0.25) is 5.02 Å². The average molecular weight is 302 g/mol. The first-order valence-corrected chi connectivity index (χ1v) is 6.87. The largest absolute Gasteiger partial charge is 0.326 e. The molecule has 2 aromatic carbocycles. The van der Waals surface area contributed by atoms with Crippen molar-refractivity contribution < 1.29 is 4.39 Å². The zero-order chi connectivity index (χ0) is 14.7. The van der Waals surface area contributed by atoms with Crippen LogP contribution < -0.4 is 5.32 Å². The molecule has 0 aliphatic rings. The molecular weight excluding hydrogens is 289 g/mol. The molecule has 0 bridgehead atoms. The maximum atomic E-state index is 13.2. The lowest BCUT2D eigenvalue weighted by Gasteiger charge is -2.10. The number of benzene rings is 2. The minimum Gasteiger partial charge on any atom is -0.326 e. The number of anilines is 2. The van der Waals surface area contributed by atoms with Gasteiger partial charge in [-0.3, -0.25) is 0 Å². The molecule has 1 N–H and O–H groups in total. The van der Waals surface area contributed by atoms with Crippen molar-refractivity contribution in [2.45, 2.75) is 6.54 Å². The summed E-state index contributed by atoms with van der Waals surface area (Å²) in [5.41, 5.74) is 1.87. The van der Waals surface area contributed by atoms with Crippen LogP contribution in [0.1, 0.15) is 5.56 Å². The molecule has 0 saturated carbocycles. The molecule has 3 aromatic rings. The van der Waals surface area contributed by atoms with Gasteiger partial charge in [0.25, 0.3) is 0 Å². The van der Waals surface area contributed by atoms with Crippen molar-refractivity contribution in [2.24, 2.45) is 0 Å². The highest BCUT2D eigenvalue weighted by atomic mass is 35.5. The van der Waals surface area contributed by atoms with Crippen molar-refractivity contribution in [2.75, 3.05) is 5.32 Å². The van der Waals surface area contributed by atoms with Crippen LogP contribution in [0.25, 0.3) is 0 Å². The van der Waals surface area contributed by atoms with E-state index in [0.29, 0.717) is 6.54 Å². The highest BCUT2D eigenvalue weighted by molar-refractivity contribution is 6.30. The van der Waals surface area contributed by atoms with Gasteiger partial charge in [-0.25, -0.2) is 9.37 Å². The summed E-state index contributed by atoms with van der Waals surface area (Å²) in [6, 6.07) is 14.5. The van der Waals surface area contributed by atoms with E-state index in [-0.39, 0.29) is 5.02 Å². The Balaban J connectivity index is 1.80. The van der Waals surface area contributed by atoms with Crippen molar-refractivity contribution in [3.63, 3.8) is 0 Å². The van der Waals surface area contributed by atoms with E-state index in [1.54, 1.807) is 18.3 Å². The zero-order valence-corrected chi connectivity index (χ0v) is 11.9. The van der Waals surface area contributed by atoms with Crippen LogP contribution in [0.5, 0.6) is 0 Å². The van der Waals surface area contributed by atoms with Crippen LogP contribution >= 0.6 is 11.6 Å². The van der Waals surface area contributed by atoms with E-state index in [9.17, 15) is 4.39 Å². The fourth-order valence-corrected chi connectivity index (χ4v) is 2.25.